The number of benzene rings is 3. The number of pyridine rings is 1. The van der Waals surface area contributed by atoms with Crippen LogP contribution in [0.15, 0.2) is 83.4 Å². The van der Waals surface area contributed by atoms with E-state index in [1.165, 1.54) is 0 Å². The standard InChI is InChI=1S/C27H21NO4/c1-16(2)18-11-12-28-24(15-18)21-10-6-9-20-22-13-19(17-7-4-3-5-8-17)14-23(27(29)32-30)26(22)31-25(20)21/h3-16,30H,1-2H3/i16D. The molecule has 0 aliphatic heterocycles. The van der Waals surface area contributed by atoms with Crippen molar-refractivity contribution in [2.45, 2.75) is 19.7 Å². The van der Waals surface area contributed by atoms with Gasteiger partial charge in [0.15, 0.2) is 0 Å². The number of carbonyl (C=O) groups is 1. The third kappa shape index (κ3) is 3.33. The first kappa shape index (κ1) is 18.8. The van der Waals surface area contributed by atoms with Crippen LogP contribution in [0.5, 0.6) is 0 Å². The Morgan fingerprint density at radius 1 is 0.969 bits per heavy atom. The Balaban J connectivity index is 1.80. The van der Waals surface area contributed by atoms with Crippen molar-refractivity contribution in [2.24, 2.45) is 0 Å². The van der Waals surface area contributed by atoms with Crippen molar-refractivity contribution in [2.75, 3.05) is 0 Å². The highest BCUT2D eigenvalue weighted by Crippen LogP contribution is 2.39. The quantitative estimate of drug-likeness (QED) is 0.247. The maximum Gasteiger partial charge on any atom is 0.376 e. The van der Waals surface area contributed by atoms with Crippen molar-refractivity contribution in [3.63, 3.8) is 0 Å². The first-order valence-electron chi connectivity index (χ1n) is 10.7. The van der Waals surface area contributed by atoms with Crippen molar-refractivity contribution in [3.05, 3.63) is 90.1 Å². The Labute approximate surface area is 186 Å². The first-order chi connectivity index (χ1) is 15.9. The summed E-state index contributed by atoms with van der Waals surface area (Å²) in [7, 11) is 0. The van der Waals surface area contributed by atoms with Gasteiger partial charge >= 0.3 is 5.97 Å². The fraction of sp³-hybridized carbons (Fsp3) is 0.111. The van der Waals surface area contributed by atoms with E-state index in [0.717, 1.165) is 33.0 Å². The highest BCUT2D eigenvalue weighted by molar-refractivity contribution is 6.15. The van der Waals surface area contributed by atoms with Crippen LogP contribution in [0.25, 0.3) is 44.3 Å². The number of furan rings is 1. The van der Waals surface area contributed by atoms with E-state index in [4.69, 9.17) is 11.0 Å². The number of nitrogens with zero attached hydrogens (tertiary/aromatic N) is 1. The van der Waals surface area contributed by atoms with E-state index in [0.29, 0.717) is 16.9 Å². The second-order valence-electron chi connectivity index (χ2n) is 7.86. The minimum Gasteiger partial charge on any atom is -0.454 e. The number of rotatable bonds is 4. The zero-order valence-corrected chi connectivity index (χ0v) is 17.6. The lowest BCUT2D eigenvalue weighted by atomic mass is 9.98. The molecular formula is C27H21NO4. The minimum atomic E-state index is -0.894. The smallest absolute Gasteiger partial charge is 0.376 e. The molecule has 5 nitrogen and oxygen atoms in total. The summed E-state index contributed by atoms with van der Waals surface area (Å²) in [6, 6.07) is 22.7. The largest absolute Gasteiger partial charge is 0.454 e. The third-order valence-corrected chi connectivity index (χ3v) is 5.62. The van der Waals surface area contributed by atoms with Gasteiger partial charge in [0.25, 0.3) is 0 Å². The van der Waals surface area contributed by atoms with Gasteiger partial charge in [0, 0.05) is 23.9 Å². The van der Waals surface area contributed by atoms with E-state index in [-0.39, 0.29) is 5.56 Å². The summed E-state index contributed by atoms with van der Waals surface area (Å²) in [5.74, 6) is -1.67. The van der Waals surface area contributed by atoms with Crippen LogP contribution in [0.4, 0.5) is 0 Å². The molecule has 0 amide bonds. The molecule has 5 rings (SSSR count). The highest BCUT2D eigenvalue weighted by Gasteiger charge is 2.21. The fourth-order valence-electron chi connectivity index (χ4n) is 3.99. The minimum absolute atomic E-state index is 0.130. The molecule has 5 aromatic rings. The molecule has 1 N–H and O–H groups in total. The number of aromatic nitrogens is 1. The van der Waals surface area contributed by atoms with Gasteiger partial charge in [0.05, 0.1) is 5.69 Å². The van der Waals surface area contributed by atoms with Crippen molar-refractivity contribution < 1.29 is 20.7 Å². The highest BCUT2D eigenvalue weighted by atomic mass is 17.1. The SMILES string of the molecule is [2H]C(C)(C)c1ccnc(-c2cccc3c2oc2c(C(=O)OO)cc(-c4ccccc4)cc23)c1. The van der Waals surface area contributed by atoms with E-state index in [1.54, 1.807) is 12.3 Å². The fourth-order valence-corrected chi connectivity index (χ4v) is 3.99. The molecule has 2 heterocycles. The molecule has 32 heavy (non-hydrogen) atoms. The molecule has 0 unspecified atom stereocenters. The predicted octanol–water partition coefficient (Wildman–Crippen LogP) is 7.07. The average molecular weight is 424 g/mol. The summed E-state index contributed by atoms with van der Waals surface area (Å²) in [6.07, 6.45) is 1.69. The molecule has 2 aromatic heterocycles. The van der Waals surface area contributed by atoms with Gasteiger partial charge in [-0.2, -0.15) is 5.26 Å². The zero-order chi connectivity index (χ0) is 23.2. The summed E-state index contributed by atoms with van der Waals surface area (Å²) in [6.45, 7) is 3.65. The Kier molecular flexibility index (Phi) is 4.66. The number of hydrogen-bond acceptors (Lipinski definition) is 5. The van der Waals surface area contributed by atoms with E-state index in [2.05, 4.69) is 9.87 Å². The second kappa shape index (κ2) is 7.94. The summed E-state index contributed by atoms with van der Waals surface area (Å²) >= 11 is 0. The number of hydrogen-bond donors (Lipinski definition) is 1. The molecule has 0 saturated heterocycles. The van der Waals surface area contributed by atoms with Gasteiger partial charge in [-0.3, -0.25) is 9.87 Å². The Morgan fingerprint density at radius 2 is 1.78 bits per heavy atom. The molecule has 0 saturated carbocycles. The Bertz CT molecular complexity index is 1500. The average Bonchev–Trinajstić information content (AvgIpc) is 3.22. The molecule has 0 spiro atoms. The molecule has 0 fully saturated rings. The Hall–Kier alpha value is -3.96. The van der Waals surface area contributed by atoms with Gasteiger partial charge in [0.1, 0.15) is 16.7 Å². The molecular weight excluding hydrogens is 402 g/mol. The van der Waals surface area contributed by atoms with Crippen LogP contribution in [0.1, 0.15) is 37.0 Å². The van der Waals surface area contributed by atoms with Crippen LogP contribution in [-0.4, -0.2) is 16.2 Å². The van der Waals surface area contributed by atoms with Crippen molar-refractivity contribution >= 4 is 27.9 Å². The molecule has 3 aromatic carbocycles. The lowest BCUT2D eigenvalue weighted by molar-refractivity contribution is -0.182. The lowest BCUT2D eigenvalue weighted by Gasteiger charge is -2.07. The second-order valence-corrected chi connectivity index (χ2v) is 7.86. The van der Waals surface area contributed by atoms with Gasteiger partial charge in [-0.15, -0.1) is 0 Å². The third-order valence-electron chi connectivity index (χ3n) is 5.62. The predicted molar refractivity (Wildman–Crippen MR) is 125 cm³/mol. The van der Waals surface area contributed by atoms with E-state index >= 15 is 0 Å². The van der Waals surface area contributed by atoms with E-state index in [1.807, 2.05) is 80.6 Å². The monoisotopic (exact) mass is 424 g/mol. The molecule has 0 bridgehead atoms. The Morgan fingerprint density at radius 3 is 2.53 bits per heavy atom. The zero-order valence-electron chi connectivity index (χ0n) is 18.6. The van der Waals surface area contributed by atoms with Gasteiger partial charge in [0.2, 0.25) is 0 Å². The van der Waals surface area contributed by atoms with E-state index < -0.39 is 11.9 Å². The molecule has 0 aliphatic rings. The molecule has 5 heteroatoms. The summed E-state index contributed by atoms with van der Waals surface area (Å²) in [4.78, 5) is 21.0. The van der Waals surface area contributed by atoms with Gasteiger partial charge < -0.3 is 4.42 Å². The molecule has 0 atom stereocenters. The van der Waals surface area contributed by atoms with Crippen molar-refractivity contribution in [1.82, 2.24) is 4.98 Å². The van der Waals surface area contributed by atoms with Crippen molar-refractivity contribution in [3.8, 4) is 22.4 Å². The van der Waals surface area contributed by atoms with Crippen molar-refractivity contribution in [1.29, 1.82) is 0 Å². The first-order valence-corrected chi connectivity index (χ1v) is 10.2. The van der Waals surface area contributed by atoms with Gasteiger partial charge in [-0.05, 0) is 52.9 Å². The van der Waals surface area contributed by atoms with Crippen LogP contribution in [0, 0.1) is 0 Å². The summed E-state index contributed by atoms with van der Waals surface area (Å²) in [5.41, 5.74) is 5.00. The van der Waals surface area contributed by atoms with Crippen LogP contribution < -0.4 is 0 Å². The summed E-state index contributed by atoms with van der Waals surface area (Å²) in [5, 5.41) is 10.6. The molecule has 0 aliphatic carbocycles. The van der Waals surface area contributed by atoms with Gasteiger partial charge in [-0.25, -0.2) is 4.79 Å². The van der Waals surface area contributed by atoms with Gasteiger partial charge in [-0.1, -0.05) is 56.3 Å². The number of fused-ring (bicyclic) bond motifs is 3. The summed E-state index contributed by atoms with van der Waals surface area (Å²) < 4.78 is 14.6. The maximum absolute atomic E-state index is 12.4. The molecule has 0 radical (unpaired) electrons. The number of carbonyl (C=O) groups excluding carboxylic acids is 1. The van der Waals surface area contributed by atoms with Crippen LogP contribution in [0.2, 0.25) is 0 Å². The maximum atomic E-state index is 12.4. The van der Waals surface area contributed by atoms with Crippen LogP contribution in [-0.2, 0) is 4.89 Å². The number of para-hydroxylation sites is 1. The van der Waals surface area contributed by atoms with Crippen LogP contribution in [0.3, 0.4) is 0 Å². The normalized spacial score (nSPS) is 12.2. The topological polar surface area (TPSA) is 72.6 Å². The lowest BCUT2D eigenvalue weighted by Crippen LogP contribution is -2.02. The molecule has 158 valence electrons. The van der Waals surface area contributed by atoms with E-state index in [9.17, 15) is 4.79 Å². The van der Waals surface area contributed by atoms with Crippen LogP contribution >= 0.6 is 0 Å².